The maximum Gasteiger partial charge on any atom is 0.217 e. The number of carbonyl (C=O) groups excluding carboxylic acids is 1. The van der Waals surface area contributed by atoms with E-state index in [0.29, 0.717) is 12.6 Å². The molecule has 3 N–H and O–H groups in total. The van der Waals surface area contributed by atoms with Gasteiger partial charge in [-0.2, -0.15) is 0 Å². The first-order valence-corrected chi connectivity index (χ1v) is 6.77. The van der Waals surface area contributed by atoms with Gasteiger partial charge in [-0.3, -0.25) is 4.79 Å². The van der Waals surface area contributed by atoms with E-state index in [4.69, 9.17) is 5.73 Å². The van der Waals surface area contributed by atoms with Crippen LogP contribution in [-0.2, 0) is 11.3 Å². The minimum atomic E-state index is 0.0556. The lowest BCUT2D eigenvalue weighted by Gasteiger charge is -2.33. The summed E-state index contributed by atoms with van der Waals surface area (Å²) in [6.07, 6.45) is 3.79. The van der Waals surface area contributed by atoms with Gasteiger partial charge in [-0.1, -0.05) is 0 Å². The van der Waals surface area contributed by atoms with Gasteiger partial charge < -0.3 is 16.0 Å². The van der Waals surface area contributed by atoms with E-state index >= 15 is 0 Å². The molecule has 0 unspecified atom stereocenters. The van der Waals surface area contributed by atoms with Gasteiger partial charge in [0, 0.05) is 38.8 Å². The molecule has 1 amide bonds. The summed E-state index contributed by atoms with van der Waals surface area (Å²) in [7, 11) is 0. The molecule has 1 fully saturated rings. The van der Waals surface area contributed by atoms with E-state index in [1.165, 1.54) is 5.56 Å². The zero-order valence-electron chi connectivity index (χ0n) is 11.6. The maximum atomic E-state index is 11.0. The molecule has 19 heavy (non-hydrogen) atoms. The summed E-state index contributed by atoms with van der Waals surface area (Å²) in [5.41, 5.74) is 7.85. The van der Waals surface area contributed by atoms with Crippen molar-refractivity contribution in [1.29, 1.82) is 0 Å². The van der Waals surface area contributed by atoms with Crippen LogP contribution in [0.15, 0.2) is 12.3 Å². The molecule has 1 aromatic heterocycles. The highest BCUT2D eigenvalue weighted by Gasteiger charge is 2.21. The summed E-state index contributed by atoms with van der Waals surface area (Å²) in [6, 6.07) is 2.40. The molecule has 0 aliphatic carbocycles. The Morgan fingerprint density at radius 1 is 1.53 bits per heavy atom. The van der Waals surface area contributed by atoms with Crippen LogP contribution in [0.3, 0.4) is 0 Å². The van der Waals surface area contributed by atoms with Crippen LogP contribution in [0.25, 0.3) is 0 Å². The summed E-state index contributed by atoms with van der Waals surface area (Å²) >= 11 is 0. The Kier molecular flexibility index (Phi) is 4.37. The Morgan fingerprint density at radius 3 is 2.74 bits per heavy atom. The Morgan fingerprint density at radius 2 is 2.21 bits per heavy atom. The number of anilines is 1. The van der Waals surface area contributed by atoms with Crippen LogP contribution in [0.4, 0.5) is 5.82 Å². The lowest BCUT2D eigenvalue weighted by atomic mass is 10.0. The van der Waals surface area contributed by atoms with Gasteiger partial charge in [0.2, 0.25) is 5.91 Å². The number of hydrogen-bond acceptors (Lipinski definition) is 4. The van der Waals surface area contributed by atoms with Crippen LogP contribution in [-0.4, -0.2) is 30.0 Å². The van der Waals surface area contributed by atoms with Gasteiger partial charge >= 0.3 is 0 Å². The van der Waals surface area contributed by atoms with Crippen molar-refractivity contribution in [3.8, 4) is 0 Å². The molecule has 1 aromatic rings. The monoisotopic (exact) mass is 262 g/mol. The van der Waals surface area contributed by atoms with Crippen LogP contribution in [0.5, 0.6) is 0 Å². The van der Waals surface area contributed by atoms with Crippen LogP contribution in [0.1, 0.15) is 30.9 Å². The fourth-order valence-corrected chi connectivity index (χ4v) is 2.59. The van der Waals surface area contributed by atoms with Crippen molar-refractivity contribution in [3.63, 3.8) is 0 Å². The molecule has 1 aliphatic heterocycles. The van der Waals surface area contributed by atoms with Gasteiger partial charge in [0.1, 0.15) is 5.82 Å². The molecule has 5 nitrogen and oxygen atoms in total. The first-order chi connectivity index (χ1) is 9.10. The third-order valence-electron chi connectivity index (χ3n) is 3.54. The van der Waals surface area contributed by atoms with Crippen LogP contribution in [0, 0.1) is 6.92 Å². The quantitative estimate of drug-likeness (QED) is 0.851. The van der Waals surface area contributed by atoms with Crippen molar-refractivity contribution < 1.29 is 4.79 Å². The molecule has 0 saturated carbocycles. The van der Waals surface area contributed by atoms with E-state index in [1.54, 1.807) is 6.92 Å². The maximum absolute atomic E-state index is 11.0. The molecule has 0 aromatic carbocycles. The number of nitrogens with one attached hydrogen (secondary N) is 1. The second-order valence-corrected chi connectivity index (χ2v) is 5.15. The van der Waals surface area contributed by atoms with Gasteiger partial charge in [-0.15, -0.1) is 0 Å². The predicted molar refractivity (Wildman–Crippen MR) is 75.9 cm³/mol. The van der Waals surface area contributed by atoms with Crippen molar-refractivity contribution in [2.45, 2.75) is 39.3 Å². The molecule has 2 rings (SSSR count). The number of aryl methyl sites for hydroxylation is 1. The average Bonchev–Trinajstić information content (AvgIpc) is 2.39. The molecule has 0 bridgehead atoms. The summed E-state index contributed by atoms with van der Waals surface area (Å²) < 4.78 is 0. The Bertz CT molecular complexity index is 453. The molecule has 0 atom stereocenters. The molecule has 1 aliphatic rings. The first kappa shape index (κ1) is 13.8. The van der Waals surface area contributed by atoms with Crippen molar-refractivity contribution in [1.82, 2.24) is 10.3 Å². The zero-order chi connectivity index (χ0) is 13.8. The molecule has 0 radical (unpaired) electrons. The zero-order valence-corrected chi connectivity index (χ0v) is 11.6. The number of nitrogens with two attached hydrogens (primary N) is 1. The summed E-state index contributed by atoms with van der Waals surface area (Å²) in [5, 5.41) is 2.98. The van der Waals surface area contributed by atoms with Gasteiger partial charge in [0.25, 0.3) is 0 Å². The predicted octanol–water partition coefficient (Wildman–Crippen LogP) is 0.954. The van der Waals surface area contributed by atoms with Crippen LogP contribution >= 0.6 is 0 Å². The molecule has 104 valence electrons. The van der Waals surface area contributed by atoms with E-state index in [0.717, 1.165) is 37.3 Å². The molecule has 1 saturated heterocycles. The van der Waals surface area contributed by atoms with Gasteiger partial charge in [0.05, 0.1) is 0 Å². The highest BCUT2D eigenvalue weighted by molar-refractivity contribution is 5.73. The average molecular weight is 262 g/mol. The molecule has 0 spiro atoms. The van der Waals surface area contributed by atoms with Crippen molar-refractivity contribution >= 4 is 11.7 Å². The number of carbonyl (C=O) groups is 1. The Labute approximate surface area is 114 Å². The fourth-order valence-electron chi connectivity index (χ4n) is 2.59. The topological polar surface area (TPSA) is 71.2 Å². The lowest BCUT2D eigenvalue weighted by molar-refractivity contribution is -0.119. The standard InChI is InChI=1S/C14H22N4O/c1-10-7-12(8-15)9-16-14(10)18-5-3-13(4-6-18)17-11(2)19/h7,9,13H,3-6,8,15H2,1-2H3,(H,17,19). The molecule has 5 heteroatoms. The normalized spacial score (nSPS) is 16.5. The van der Waals surface area contributed by atoms with E-state index < -0.39 is 0 Å². The fraction of sp³-hybridized carbons (Fsp3) is 0.571. The van der Waals surface area contributed by atoms with Crippen molar-refractivity contribution in [3.05, 3.63) is 23.4 Å². The highest BCUT2D eigenvalue weighted by Crippen LogP contribution is 2.22. The van der Waals surface area contributed by atoms with Gasteiger partial charge in [-0.05, 0) is 37.0 Å². The molecular formula is C14H22N4O. The third-order valence-corrected chi connectivity index (χ3v) is 3.54. The largest absolute Gasteiger partial charge is 0.356 e. The first-order valence-electron chi connectivity index (χ1n) is 6.77. The SMILES string of the molecule is CC(=O)NC1CCN(c2ncc(CN)cc2C)CC1. The minimum Gasteiger partial charge on any atom is -0.356 e. The summed E-state index contributed by atoms with van der Waals surface area (Å²) in [5.74, 6) is 1.10. The van der Waals surface area contributed by atoms with E-state index in [1.807, 2.05) is 6.20 Å². The minimum absolute atomic E-state index is 0.0556. The number of rotatable bonds is 3. The number of aromatic nitrogens is 1. The van der Waals surface area contributed by atoms with Crippen molar-refractivity contribution in [2.24, 2.45) is 5.73 Å². The van der Waals surface area contributed by atoms with Crippen LogP contribution < -0.4 is 16.0 Å². The van der Waals surface area contributed by atoms with E-state index in [-0.39, 0.29) is 5.91 Å². The third kappa shape index (κ3) is 3.44. The Hall–Kier alpha value is -1.62. The Balaban J connectivity index is 1.99. The second kappa shape index (κ2) is 6.02. The number of hydrogen-bond donors (Lipinski definition) is 2. The molecule has 2 heterocycles. The van der Waals surface area contributed by atoms with Gasteiger partial charge in [0.15, 0.2) is 0 Å². The van der Waals surface area contributed by atoms with Crippen LogP contribution in [0.2, 0.25) is 0 Å². The second-order valence-electron chi connectivity index (χ2n) is 5.15. The lowest BCUT2D eigenvalue weighted by Crippen LogP contribution is -2.44. The van der Waals surface area contributed by atoms with E-state index in [9.17, 15) is 4.79 Å². The number of pyridine rings is 1. The van der Waals surface area contributed by atoms with Gasteiger partial charge in [-0.25, -0.2) is 4.98 Å². The van der Waals surface area contributed by atoms with Crippen molar-refractivity contribution in [2.75, 3.05) is 18.0 Å². The smallest absolute Gasteiger partial charge is 0.217 e. The van der Waals surface area contributed by atoms with E-state index in [2.05, 4.69) is 28.2 Å². The summed E-state index contributed by atoms with van der Waals surface area (Å²) in [4.78, 5) is 17.8. The number of piperidine rings is 1. The summed E-state index contributed by atoms with van der Waals surface area (Å²) in [6.45, 7) is 6.03. The highest BCUT2D eigenvalue weighted by atomic mass is 16.1. The molecular weight excluding hydrogens is 240 g/mol. The number of amides is 1. The number of nitrogens with zero attached hydrogens (tertiary/aromatic N) is 2.